The smallest absolute Gasteiger partial charge is 0.0893 e. The maximum Gasteiger partial charge on any atom is 0.0893 e. The highest BCUT2D eigenvalue weighted by Crippen LogP contribution is 2.14. The first-order chi connectivity index (χ1) is 2.79. The lowest BCUT2D eigenvalue weighted by atomic mass is 9.91. The van der Waals surface area contributed by atoms with Crippen LogP contribution in [0.3, 0.4) is 0 Å². The van der Waals surface area contributed by atoms with Gasteiger partial charge >= 0.3 is 0 Å². The molecule has 0 atom stereocenters. The van der Waals surface area contributed by atoms with Crippen molar-refractivity contribution in [3.05, 3.63) is 0 Å². The standard InChI is InChI=1S/C4H9NO/c5-3-1-4(6)2-3/h3-4,6H,1-2,5H2/p+1. The van der Waals surface area contributed by atoms with Gasteiger partial charge in [0.05, 0.1) is 12.1 Å². The van der Waals surface area contributed by atoms with Crippen molar-refractivity contribution in [3.8, 4) is 0 Å². The number of aliphatic hydroxyl groups is 1. The quantitative estimate of drug-likeness (QED) is 0.382. The number of hydrogen-bond acceptors (Lipinski definition) is 1. The molecule has 1 aliphatic carbocycles. The molecule has 0 bridgehead atoms. The molecule has 0 aromatic rings. The van der Waals surface area contributed by atoms with Crippen LogP contribution in [0.25, 0.3) is 0 Å². The minimum atomic E-state index is -0.0208. The molecular weight excluding hydrogens is 78.0 g/mol. The van der Waals surface area contributed by atoms with Crippen LogP contribution in [0.1, 0.15) is 12.8 Å². The molecule has 0 radical (unpaired) electrons. The van der Waals surface area contributed by atoms with Gasteiger partial charge in [-0.15, -0.1) is 0 Å². The molecule has 4 N–H and O–H groups in total. The third-order valence-electron chi connectivity index (χ3n) is 1.21. The first kappa shape index (κ1) is 4.09. The lowest BCUT2D eigenvalue weighted by Crippen LogP contribution is -2.67. The Morgan fingerprint density at radius 3 is 2.00 bits per heavy atom. The van der Waals surface area contributed by atoms with Crippen molar-refractivity contribution in [2.45, 2.75) is 25.0 Å². The van der Waals surface area contributed by atoms with E-state index in [-0.39, 0.29) is 6.10 Å². The molecule has 2 heteroatoms. The normalized spacial score (nSPS) is 45.0. The fraction of sp³-hybridized carbons (Fsp3) is 1.00. The van der Waals surface area contributed by atoms with E-state index in [1.54, 1.807) is 0 Å². The van der Waals surface area contributed by atoms with Gasteiger partial charge in [0, 0.05) is 12.8 Å². The Morgan fingerprint density at radius 2 is 2.00 bits per heavy atom. The molecule has 0 amide bonds. The molecule has 0 saturated heterocycles. The molecule has 0 aliphatic heterocycles. The third-order valence-corrected chi connectivity index (χ3v) is 1.21. The molecular formula is C4H10NO+. The average Bonchev–Trinajstić information content (AvgIpc) is 1.33. The predicted octanol–water partition coefficient (Wildman–Crippen LogP) is -1.25. The number of quaternary nitrogens is 1. The highest BCUT2D eigenvalue weighted by atomic mass is 16.3. The topological polar surface area (TPSA) is 47.9 Å². The van der Waals surface area contributed by atoms with Crippen LogP contribution >= 0.6 is 0 Å². The predicted molar refractivity (Wildman–Crippen MR) is 21.9 cm³/mol. The zero-order chi connectivity index (χ0) is 4.57. The molecule has 36 valence electrons. The van der Waals surface area contributed by atoms with Crippen molar-refractivity contribution in [2.75, 3.05) is 0 Å². The fourth-order valence-corrected chi connectivity index (χ4v) is 0.701. The van der Waals surface area contributed by atoms with Crippen molar-refractivity contribution in [3.63, 3.8) is 0 Å². The van der Waals surface area contributed by atoms with Gasteiger partial charge in [0.2, 0.25) is 0 Å². The highest BCUT2D eigenvalue weighted by molar-refractivity contribution is 4.75. The van der Waals surface area contributed by atoms with Crippen LogP contribution in [0, 0.1) is 0 Å². The zero-order valence-electron chi connectivity index (χ0n) is 3.72. The molecule has 1 aliphatic rings. The molecule has 0 aromatic carbocycles. The van der Waals surface area contributed by atoms with Gasteiger partial charge in [-0.2, -0.15) is 0 Å². The Hall–Kier alpha value is -0.0800. The van der Waals surface area contributed by atoms with E-state index in [0.717, 1.165) is 12.8 Å². The van der Waals surface area contributed by atoms with Gasteiger partial charge in [0.25, 0.3) is 0 Å². The zero-order valence-corrected chi connectivity index (χ0v) is 3.72. The molecule has 0 heterocycles. The number of hydrogen-bond donors (Lipinski definition) is 2. The largest absolute Gasteiger partial charge is 0.393 e. The van der Waals surface area contributed by atoms with Crippen LogP contribution in [-0.2, 0) is 0 Å². The molecule has 1 rings (SSSR count). The first-order valence-electron chi connectivity index (χ1n) is 2.30. The second kappa shape index (κ2) is 1.21. The van der Waals surface area contributed by atoms with E-state index >= 15 is 0 Å². The number of rotatable bonds is 0. The van der Waals surface area contributed by atoms with E-state index in [9.17, 15) is 0 Å². The summed E-state index contributed by atoms with van der Waals surface area (Å²) in [4.78, 5) is 0. The van der Waals surface area contributed by atoms with E-state index in [1.807, 2.05) is 0 Å². The van der Waals surface area contributed by atoms with Crippen LogP contribution in [0.15, 0.2) is 0 Å². The molecule has 0 spiro atoms. The van der Waals surface area contributed by atoms with Crippen molar-refractivity contribution >= 4 is 0 Å². The van der Waals surface area contributed by atoms with Crippen LogP contribution < -0.4 is 5.73 Å². The summed E-state index contributed by atoms with van der Waals surface area (Å²) in [5.74, 6) is 0. The molecule has 2 nitrogen and oxygen atoms in total. The van der Waals surface area contributed by atoms with E-state index in [2.05, 4.69) is 5.73 Å². The van der Waals surface area contributed by atoms with E-state index in [1.165, 1.54) is 0 Å². The van der Waals surface area contributed by atoms with Crippen molar-refractivity contribution in [2.24, 2.45) is 0 Å². The Bertz CT molecular complexity index is 43.5. The Labute approximate surface area is 37.0 Å². The van der Waals surface area contributed by atoms with E-state index < -0.39 is 0 Å². The molecule has 0 unspecified atom stereocenters. The molecule has 1 fully saturated rings. The second-order valence-corrected chi connectivity index (χ2v) is 1.99. The first-order valence-corrected chi connectivity index (χ1v) is 2.30. The van der Waals surface area contributed by atoms with Gasteiger partial charge < -0.3 is 10.8 Å². The van der Waals surface area contributed by atoms with Crippen LogP contribution in [0.5, 0.6) is 0 Å². The van der Waals surface area contributed by atoms with Crippen molar-refractivity contribution in [1.82, 2.24) is 0 Å². The Balaban J connectivity index is 2.11. The van der Waals surface area contributed by atoms with Crippen LogP contribution in [0.2, 0.25) is 0 Å². The minimum absolute atomic E-state index is 0.0208. The highest BCUT2D eigenvalue weighted by Gasteiger charge is 2.26. The van der Waals surface area contributed by atoms with Crippen molar-refractivity contribution < 1.29 is 10.8 Å². The third kappa shape index (κ3) is 0.533. The van der Waals surface area contributed by atoms with Crippen LogP contribution in [-0.4, -0.2) is 17.3 Å². The second-order valence-electron chi connectivity index (χ2n) is 1.99. The van der Waals surface area contributed by atoms with Crippen molar-refractivity contribution in [1.29, 1.82) is 0 Å². The SMILES string of the molecule is [NH3+]C1CC(O)C1. The van der Waals surface area contributed by atoms with Gasteiger partial charge in [-0.1, -0.05) is 0 Å². The summed E-state index contributed by atoms with van der Waals surface area (Å²) in [7, 11) is 0. The van der Waals surface area contributed by atoms with Gasteiger partial charge in [-0.05, 0) is 0 Å². The summed E-state index contributed by atoms with van der Waals surface area (Å²) in [6, 6.07) is 0.542. The summed E-state index contributed by atoms with van der Waals surface area (Å²) < 4.78 is 0. The maximum absolute atomic E-state index is 8.58. The van der Waals surface area contributed by atoms with Gasteiger partial charge in [-0.3, -0.25) is 0 Å². The molecule has 0 aromatic heterocycles. The monoisotopic (exact) mass is 88.1 g/mol. The lowest BCUT2D eigenvalue weighted by molar-refractivity contribution is -0.447. The Kier molecular flexibility index (Phi) is 0.821. The minimum Gasteiger partial charge on any atom is -0.393 e. The van der Waals surface area contributed by atoms with Gasteiger partial charge in [-0.25, -0.2) is 0 Å². The van der Waals surface area contributed by atoms with Crippen LogP contribution in [0.4, 0.5) is 0 Å². The fourth-order valence-electron chi connectivity index (χ4n) is 0.701. The molecule has 6 heavy (non-hydrogen) atoms. The summed E-state index contributed by atoms with van der Waals surface area (Å²) in [6.07, 6.45) is 1.81. The van der Waals surface area contributed by atoms with Gasteiger partial charge in [0.15, 0.2) is 0 Å². The van der Waals surface area contributed by atoms with E-state index in [4.69, 9.17) is 5.11 Å². The summed E-state index contributed by atoms with van der Waals surface area (Å²) in [5, 5.41) is 8.58. The van der Waals surface area contributed by atoms with E-state index in [0.29, 0.717) is 6.04 Å². The number of aliphatic hydroxyl groups excluding tert-OH is 1. The summed E-state index contributed by atoms with van der Waals surface area (Å²) in [6.45, 7) is 0. The summed E-state index contributed by atoms with van der Waals surface area (Å²) in [5.41, 5.74) is 3.73. The Morgan fingerprint density at radius 1 is 1.50 bits per heavy atom. The van der Waals surface area contributed by atoms with Gasteiger partial charge in [0.1, 0.15) is 0 Å². The maximum atomic E-state index is 8.58. The molecule has 1 saturated carbocycles. The lowest BCUT2D eigenvalue weighted by Gasteiger charge is -2.23. The summed E-state index contributed by atoms with van der Waals surface area (Å²) >= 11 is 0. The average molecular weight is 88.1 g/mol.